The van der Waals surface area contributed by atoms with Crippen LogP contribution in [-0.4, -0.2) is 64.0 Å². The summed E-state index contributed by atoms with van der Waals surface area (Å²) in [6, 6.07) is -1.02. The van der Waals surface area contributed by atoms with Gasteiger partial charge < -0.3 is 14.9 Å². The number of rotatable bonds is 2. The summed E-state index contributed by atoms with van der Waals surface area (Å²) in [4.78, 5) is 25.1. The van der Waals surface area contributed by atoms with Gasteiger partial charge in [0.2, 0.25) is 0 Å². The van der Waals surface area contributed by atoms with E-state index >= 15 is 0 Å². The van der Waals surface area contributed by atoms with Gasteiger partial charge in [-0.25, -0.2) is 9.59 Å². The van der Waals surface area contributed by atoms with E-state index in [4.69, 9.17) is 4.74 Å². The Hall–Kier alpha value is -1.92. The van der Waals surface area contributed by atoms with E-state index in [0.717, 1.165) is 0 Å². The fourth-order valence-electron chi connectivity index (χ4n) is 2.88. The molecule has 0 spiro atoms. The van der Waals surface area contributed by atoms with Crippen molar-refractivity contribution in [3.05, 3.63) is 12.3 Å². The normalized spacial score (nSPS) is 30.8. The van der Waals surface area contributed by atoms with Crippen LogP contribution in [0, 0.1) is 0 Å². The van der Waals surface area contributed by atoms with Crippen LogP contribution < -0.4 is 0 Å². The lowest BCUT2D eigenvalue weighted by molar-refractivity contribution is 0.0384. The number of hydrogen-bond acceptors (Lipinski definition) is 3. The van der Waals surface area contributed by atoms with Crippen LogP contribution >= 0.6 is 0 Å². The summed E-state index contributed by atoms with van der Waals surface area (Å²) in [5.41, 5.74) is 0. The molecule has 0 aliphatic carbocycles. The van der Waals surface area contributed by atoms with Crippen molar-refractivity contribution < 1.29 is 24.5 Å². The standard InChI is InChI=1S/C11H16N2O5/c1-18-5-4-8-9-3-2-7(13(9)11(16)17)6-12(8)10(14)15/h4-5,7-9H,2-3,6H2,1H3,(H,14,15)(H,16,17)/t7-,8+,9+/m1/s1. The number of piperazine rings is 1. The second-order valence-electron chi connectivity index (χ2n) is 4.48. The molecule has 2 heterocycles. The molecule has 2 fully saturated rings. The molecule has 100 valence electrons. The predicted molar refractivity (Wildman–Crippen MR) is 61.3 cm³/mol. The summed E-state index contributed by atoms with van der Waals surface area (Å²) in [7, 11) is 1.47. The number of carbonyl (C=O) groups is 2. The first-order valence-electron chi connectivity index (χ1n) is 5.76. The van der Waals surface area contributed by atoms with Crippen LogP contribution in [0.25, 0.3) is 0 Å². The number of nitrogens with zero attached hydrogens (tertiary/aromatic N) is 2. The Morgan fingerprint density at radius 2 is 2.00 bits per heavy atom. The Labute approximate surface area is 104 Å². The fraction of sp³-hybridized carbons (Fsp3) is 0.636. The van der Waals surface area contributed by atoms with Crippen molar-refractivity contribution in [3.63, 3.8) is 0 Å². The number of hydrogen-bond donors (Lipinski definition) is 2. The Morgan fingerprint density at radius 1 is 1.28 bits per heavy atom. The minimum Gasteiger partial charge on any atom is -0.505 e. The third kappa shape index (κ3) is 1.96. The molecule has 2 amide bonds. The lowest BCUT2D eigenvalue weighted by atomic mass is 10.0. The molecule has 0 aromatic heterocycles. The molecular weight excluding hydrogens is 240 g/mol. The van der Waals surface area contributed by atoms with E-state index in [1.165, 1.54) is 23.2 Å². The maximum atomic E-state index is 11.2. The SMILES string of the molecule is COC=C[C@H]1[C@@H]2CC[C@H](CN1C(=O)O)N2C(=O)O. The molecule has 2 aliphatic heterocycles. The summed E-state index contributed by atoms with van der Waals surface area (Å²) >= 11 is 0. The number of ether oxygens (including phenoxy) is 1. The number of carboxylic acid groups (broad SMARTS) is 2. The third-order valence-electron chi connectivity index (χ3n) is 3.59. The van der Waals surface area contributed by atoms with Crippen LogP contribution in [0.15, 0.2) is 12.3 Å². The largest absolute Gasteiger partial charge is 0.505 e. The van der Waals surface area contributed by atoms with Gasteiger partial charge in [0.15, 0.2) is 0 Å². The number of methoxy groups -OCH3 is 1. The van der Waals surface area contributed by atoms with Crippen molar-refractivity contribution in [2.75, 3.05) is 13.7 Å². The van der Waals surface area contributed by atoms with E-state index in [9.17, 15) is 19.8 Å². The summed E-state index contributed by atoms with van der Waals surface area (Å²) in [5.74, 6) is 0. The maximum absolute atomic E-state index is 11.2. The highest BCUT2D eigenvalue weighted by Crippen LogP contribution is 2.34. The fourth-order valence-corrected chi connectivity index (χ4v) is 2.88. The lowest BCUT2D eigenvalue weighted by Gasteiger charge is -2.43. The van der Waals surface area contributed by atoms with Gasteiger partial charge >= 0.3 is 12.2 Å². The minimum atomic E-state index is -1.03. The summed E-state index contributed by atoms with van der Waals surface area (Å²) in [6.07, 6.45) is 2.39. The van der Waals surface area contributed by atoms with Crippen LogP contribution in [-0.2, 0) is 4.74 Å². The van der Waals surface area contributed by atoms with Gasteiger partial charge in [0.25, 0.3) is 0 Å². The van der Waals surface area contributed by atoms with E-state index < -0.39 is 18.2 Å². The van der Waals surface area contributed by atoms with Crippen molar-refractivity contribution in [3.8, 4) is 0 Å². The minimum absolute atomic E-state index is 0.219. The van der Waals surface area contributed by atoms with E-state index in [2.05, 4.69) is 0 Å². The molecule has 0 aromatic carbocycles. The van der Waals surface area contributed by atoms with Crippen LogP contribution in [0.3, 0.4) is 0 Å². The van der Waals surface area contributed by atoms with Gasteiger partial charge in [-0.15, -0.1) is 0 Å². The quantitative estimate of drug-likeness (QED) is 0.720. The van der Waals surface area contributed by atoms with Crippen LogP contribution in [0.1, 0.15) is 12.8 Å². The first kappa shape index (κ1) is 12.5. The molecule has 2 N–H and O–H groups in total. The van der Waals surface area contributed by atoms with Gasteiger partial charge in [0.05, 0.1) is 31.5 Å². The predicted octanol–water partition coefficient (Wildman–Crippen LogP) is 1.02. The maximum Gasteiger partial charge on any atom is 0.407 e. The van der Waals surface area contributed by atoms with E-state index in [1.807, 2.05) is 0 Å². The summed E-state index contributed by atoms with van der Waals surface area (Å²) < 4.78 is 4.81. The average molecular weight is 256 g/mol. The zero-order valence-corrected chi connectivity index (χ0v) is 10.0. The molecule has 7 nitrogen and oxygen atoms in total. The third-order valence-corrected chi connectivity index (χ3v) is 3.59. The summed E-state index contributed by atoms with van der Waals surface area (Å²) in [5, 5.41) is 18.4. The van der Waals surface area contributed by atoms with Crippen molar-refractivity contribution >= 4 is 12.2 Å². The second-order valence-corrected chi connectivity index (χ2v) is 4.48. The molecule has 2 bridgehead atoms. The molecule has 0 radical (unpaired) electrons. The first-order chi connectivity index (χ1) is 8.56. The molecular formula is C11H16N2O5. The van der Waals surface area contributed by atoms with Crippen molar-refractivity contribution in [1.82, 2.24) is 9.80 Å². The topological polar surface area (TPSA) is 90.3 Å². The van der Waals surface area contributed by atoms with Crippen molar-refractivity contribution in [2.45, 2.75) is 31.0 Å². The monoisotopic (exact) mass is 256 g/mol. The Kier molecular flexibility index (Phi) is 3.31. The van der Waals surface area contributed by atoms with E-state index in [0.29, 0.717) is 12.8 Å². The zero-order valence-electron chi connectivity index (χ0n) is 10.0. The van der Waals surface area contributed by atoms with Crippen molar-refractivity contribution in [1.29, 1.82) is 0 Å². The molecule has 2 saturated heterocycles. The van der Waals surface area contributed by atoms with Crippen LogP contribution in [0.2, 0.25) is 0 Å². The first-order valence-corrected chi connectivity index (χ1v) is 5.76. The highest BCUT2D eigenvalue weighted by molar-refractivity contribution is 5.70. The van der Waals surface area contributed by atoms with Crippen LogP contribution in [0.5, 0.6) is 0 Å². The van der Waals surface area contributed by atoms with Crippen LogP contribution in [0.4, 0.5) is 9.59 Å². The molecule has 0 unspecified atom stereocenters. The van der Waals surface area contributed by atoms with Gasteiger partial charge in [-0.1, -0.05) is 0 Å². The molecule has 3 atom stereocenters. The molecule has 0 aromatic rings. The van der Waals surface area contributed by atoms with Gasteiger partial charge in [-0.05, 0) is 18.9 Å². The van der Waals surface area contributed by atoms with E-state index in [1.54, 1.807) is 6.08 Å². The summed E-state index contributed by atoms with van der Waals surface area (Å²) in [6.45, 7) is 0.219. The number of likely N-dealkylation sites (tertiary alicyclic amines) is 1. The van der Waals surface area contributed by atoms with Crippen molar-refractivity contribution in [2.24, 2.45) is 0 Å². The molecule has 7 heteroatoms. The highest BCUT2D eigenvalue weighted by Gasteiger charge is 2.49. The Balaban J connectivity index is 2.27. The lowest BCUT2D eigenvalue weighted by Crippen LogP contribution is -2.61. The molecule has 2 rings (SSSR count). The number of amides is 2. The molecule has 0 saturated carbocycles. The smallest absolute Gasteiger partial charge is 0.407 e. The van der Waals surface area contributed by atoms with Gasteiger partial charge in [-0.2, -0.15) is 0 Å². The average Bonchev–Trinajstić information content (AvgIpc) is 2.64. The van der Waals surface area contributed by atoms with E-state index in [-0.39, 0.29) is 18.6 Å². The Bertz CT molecular complexity index is 384. The van der Waals surface area contributed by atoms with Gasteiger partial charge in [-0.3, -0.25) is 9.80 Å². The number of fused-ring (bicyclic) bond motifs is 2. The second kappa shape index (κ2) is 4.75. The Morgan fingerprint density at radius 3 is 2.56 bits per heavy atom. The molecule has 2 aliphatic rings. The van der Waals surface area contributed by atoms with Gasteiger partial charge in [0.1, 0.15) is 0 Å². The van der Waals surface area contributed by atoms with Gasteiger partial charge in [0, 0.05) is 6.54 Å². The highest BCUT2D eigenvalue weighted by atomic mass is 16.5. The molecule has 18 heavy (non-hydrogen) atoms. The zero-order chi connectivity index (χ0) is 13.3.